The summed E-state index contributed by atoms with van der Waals surface area (Å²) in [6.07, 6.45) is -9.97. The first-order valence-electron chi connectivity index (χ1n) is 8.90. The number of nitrogens with two attached hydrogens (primary N) is 1. The first kappa shape index (κ1) is 22.7. The van der Waals surface area contributed by atoms with Crippen LogP contribution in [0.3, 0.4) is 0 Å². The van der Waals surface area contributed by atoms with Gasteiger partial charge in [0.1, 0.15) is 11.6 Å². The van der Waals surface area contributed by atoms with Crippen LogP contribution in [0.5, 0.6) is 0 Å². The predicted molar refractivity (Wildman–Crippen MR) is 98.2 cm³/mol. The Morgan fingerprint density at radius 3 is 1.77 bits per heavy atom. The number of hydrogen-bond acceptors (Lipinski definition) is 1. The van der Waals surface area contributed by atoms with E-state index in [1.807, 2.05) is 0 Å². The highest BCUT2D eigenvalue weighted by Crippen LogP contribution is 2.43. The van der Waals surface area contributed by atoms with E-state index in [2.05, 4.69) is 0 Å². The lowest BCUT2D eigenvalue weighted by Gasteiger charge is -2.35. The van der Waals surface area contributed by atoms with E-state index in [0.29, 0.717) is 18.2 Å². The molecule has 0 fully saturated rings. The first-order valence-corrected chi connectivity index (χ1v) is 8.90. The lowest BCUT2D eigenvalue weighted by Crippen LogP contribution is -2.38. The molecule has 0 bridgehead atoms. The molecule has 3 aromatic rings. The van der Waals surface area contributed by atoms with Gasteiger partial charge in [-0.1, -0.05) is 36.4 Å². The van der Waals surface area contributed by atoms with Gasteiger partial charge in [-0.05, 0) is 47.0 Å². The second-order valence-corrected chi connectivity index (χ2v) is 6.89. The van der Waals surface area contributed by atoms with E-state index in [-0.39, 0.29) is 22.8 Å². The minimum absolute atomic E-state index is 0.218. The van der Waals surface area contributed by atoms with Gasteiger partial charge in [0.2, 0.25) is 0 Å². The fraction of sp³-hybridized carbons (Fsp3) is 0.182. The summed E-state index contributed by atoms with van der Waals surface area (Å²) in [5.41, 5.74) is 0.872. The van der Waals surface area contributed by atoms with Crippen LogP contribution in [0.4, 0.5) is 35.1 Å². The van der Waals surface area contributed by atoms with Crippen LogP contribution in [0, 0.1) is 11.6 Å². The largest absolute Gasteiger partial charge is 0.419 e. The third kappa shape index (κ3) is 4.27. The molecule has 1 unspecified atom stereocenters. The third-order valence-corrected chi connectivity index (χ3v) is 5.06. The van der Waals surface area contributed by atoms with Crippen LogP contribution in [0.25, 0.3) is 0 Å². The summed E-state index contributed by atoms with van der Waals surface area (Å²) in [6, 6.07) is 11.3. The van der Waals surface area contributed by atoms with Gasteiger partial charge in [-0.15, -0.1) is 0 Å². The van der Waals surface area contributed by atoms with Crippen molar-refractivity contribution in [1.82, 2.24) is 0 Å². The zero-order valence-electron chi connectivity index (χ0n) is 15.7. The Labute approximate surface area is 172 Å². The minimum atomic E-state index is -5.06. The number of alkyl halides is 6. The fourth-order valence-corrected chi connectivity index (χ4v) is 3.58. The summed E-state index contributed by atoms with van der Waals surface area (Å²) < 4.78 is 108. The monoisotopic (exact) mass is 445 g/mol. The van der Waals surface area contributed by atoms with Gasteiger partial charge < -0.3 is 5.73 Å². The molecule has 0 aliphatic carbocycles. The van der Waals surface area contributed by atoms with Crippen molar-refractivity contribution < 1.29 is 35.1 Å². The molecule has 2 N–H and O–H groups in total. The molecule has 0 saturated heterocycles. The standard InChI is InChI=1S/C22H15F8N/c23-17-9-15(8-16(10-17)21(25,26)27)20(12-31,13-4-2-1-3-5-13)14-6-7-19(24)18(11-14)22(28,29)30/h1-11H,12,31H2. The van der Waals surface area contributed by atoms with E-state index in [4.69, 9.17) is 5.73 Å². The number of halogens is 8. The van der Waals surface area contributed by atoms with E-state index in [1.54, 1.807) is 6.07 Å². The molecule has 0 aliphatic rings. The van der Waals surface area contributed by atoms with Crippen LogP contribution in [-0.2, 0) is 17.8 Å². The molecule has 0 saturated carbocycles. The molecule has 0 amide bonds. The Hall–Kier alpha value is -2.94. The van der Waals surface area contributed by atoms with Gasteiger partial charge in [-0.2, -0.15) is 26.3 Å². The van der Waals surface area contributed by atoms with Crippen molar-refractivity contribution >= 4 is 0 Å². The van der Waals surface area contributed by atoms with Crippen LogP contribution < -0.4 is 5.73 Å². The summed E-state index contributed by atoms with van der Waals surface area (Å²) in [5, 5.41) is 0. The summed E-state index contributed by atoms with van der Waals surface area (Å²) in [7, 11) is 0. The molecule has 0 aromatic heterocycles. The smallest absolute Gasteiger partial charge is 0.329 e. The highest BCUT2D eigenvalue weighted by molar-refractivity contribution is 5.53. The minimum Gasteiger partial charge on any atom is -0.329 e. The summed E-state index contributed by atoms with van der Waals surface area (Å²) >= 11 is 0. The normalized spacial score (nSPS) is 14.4. The van der Waals surface area contributed by atoms with Crippen molar-refractivity contribution in [3.8, 4) is 0 Å². The van der Waals surface area contributed by atoms with E-state index in [1.165, 1.54) is 24.3 Å². The maximum absolute atomic E-state index is 14.2. The van der Waals surface area contributed by atoms with Crippen molar-refractivity contribution in [2.45, 2.75) is 17.8 Å². The Balaban J connectivity index is 2.41. The molecule has 1 nitrogen and oxygen atoms in total. The molecule has 1 atom stereocenters. The van der Waals surface area contributed by atoms with Crippen molar-refractivity contribution in [2.24, 2.45) is 5.73 Å². The van der Waals surface area contributed by atoms with Gasteiger partial charge >= 0.3 is 12.4 Å². The van der Waals surface area contributed by atoms with E-state index < -0.39 is 47.1 Å². The highest BCUT2D eigenvalue weighted by atomic mass is 19.4. The summed E-state index contributed by atoms with van der Waals surface area (Å²) in [5.74, 6) is -2.79. The van der Waals surface area contributed by atoms with Gasteiger partial charge in [0.05, 0.1) is 16.5 Å². The Morgan fingerprint density at radius 2 is 1.23 bits per heavy atom. The molecule has 164 valence electrons. The van der Waals surface area contributed by atoms with Gasteiger partial charge in [0.25, 0.3) is 0 Å². The summed E-state index contributed by atoms with van der Waals surface area (Å²) in [6.45, 7) is -0.513. The van der Waals surface area contributed by atoms with Crippen LogP contribution in [-0.4, -0.2) is 6.54 Å². The average molecular weight is 445 g/mol. The molecule has 0 spiro atoms. The molecule has 0 radical (unpaired) electrons. The van der Waals surface area contributed by atoms with Gasteiger partial charge in [0, 0.05) is 6.54 Å². The molecule has 9 heteroatoms. The van der Waals surface area contributed by atoms with Crippen molar-refractivity contribution in [3.05, 3.63) is 106 Å². The molecule has 3 rings (SSSR count). The van der Waals surface area contributed by atoms with Gasteiger partial charge in [0.15, 0.2) is 0 Å². The lowest BCUT2D eigenvalue weighted by atomic mass is 9.69. The summed E-state index contributed by atoms with van der Waals surface area (Å²) in [4.78, 5) is 0. The SMILES string of the molecule is NCC(c1ccccc1)(c1cc(F)cc(C(F)(F)F)c1)c1ccc(F)c(C(F)(F)F)c1. The van der Waals surface area contributed by atoms with Gasteiger partial charge in [-0.25, -0.2) is 8.78 Å². The molecule has 3 aromatic carbocycles. The second-order valence-electron chi connectivity index (χ2n) is 6.89. The fourth-order valence-electron chi connectivity index (χ4n) is 3.58. The van der Waals surface area contributed by atoms with Crippen molar-refractivity contribution in [2.75, 3.05) is 6.54 Å². The zero-order chi connectivity index (χ0) is 23.0. The zero-order valence-corrected chi connectivity index (χ0v) is 15.7. The Morgan fingerprint density at radius 1 is 0.613 bits per heavy atom. The molecule has 0 aliphatic heterocycles. The van der Waals surface area contributed by atoms with Crippen LogP contribution >= 0.6 is 0 Å². The predicted octanol–water partition coefficient (Wildman–Crippen LogP) is 6.30. The van der Waals surface area contributed by atoms with Crippen molar-refractivity contribution in [3.63, 3.8) is 0 Å². The molecular formula is C22H15F8N. The Kier molecular flexibility index (Phi) is 5.84. The van der Waals surface area contributed by atoms with E-state index >= 15 is 0 Å². The average Bonchev–Trinajstić information content (AvgIpc) is 2.69. The lowest BCUT2D eigenvalue weighted by molar-refractivity contribution is -0.140. The quantitative estimate of drug-likeness (QED) is 0.371. The van der Waals surface area contributed by atoms with E-state index in [0.717, 1.165) is 12.1 Å². The molecular weight excluding hydrogens is 430 g/mol. The number of rotatable bonds is 4. The third-order valence-electron chi connectivity index (χ3n) is 5.06. The molecule has 0 heterocycles. The maximum Gasteiger partial charge on any atom is 0.419 e. The van der Waals surface area contributed by atoms with Crippen molar-refractivity contribution in [1.29, 1.82) is 0 Å². The second kappa shape index (κ2) is 7.96. The molecule has 31 heavy (non-hydrogen) atoms. The maximum atomic E-state index is 14.2. The number of hydrogen-bond donors (Lipinski definition) is 1. The highest BCUT2D eigenvalue weighted by Gasteiger charge is 2.41. The van der Waals surface area contributed by atoms with E-state index in [9.17, 15) is 35.1 Å². The first-order chi connectivity index (χ1) is 14.4. The van der Waals surface area contributed by atoms with Crippen LogP contribution in [0.1, 0.15) is 27.8 Å². The Bertz CT molecular complexity index is 1070. The van der Waals surface area contributed by atoms with Crippen LogP contribution in [0.15, 0.2) is 66.7 Å². The van der Waals surface area contributed by atoms with Gasteiger partial charge in [-0.3, -0.25) is 0 Å². The van der Waals surface area contributed by atoms with Crippen LogP contribution in [0.2, 0.25) is 0 Å². The topological polar surface area (TPSA) is 26.0 Å². The number of benzene rings is 3.